The van der Waals surface area contributed by atoms with Gasteiger partial charge in [-0.2, -0.15) is 0 Å². The van der Waals surface area contributed by atoms with Gasteiger partial charge in [0.05, 0.1) is 62.9 Å². The second-order valence-corrected chi connectivity index (χ2v) is 16.9. The lowest BCUT2D eigenvalue weighted by molar-refractivity contribution is -0.327. The highest BCUT2D eigenvalue weighted by molar-refractivity contribution is 5.91. The monoisotopic (exact) mass is 914 g/mol. The molecule has 19 atom stereocenters. The Morgan fingerprint density at radius 2 is 1.39 bits per heavy atom. The maximum Gasteiger partial charge on any atom is 0.338 e. The number of allylic oxidation sites excluding steroid dienone is 2. The third-order valence-electron chi connectivity index (χ3n) is 13.1. The van der Waals surface area contributed by atoms with Crippen LogP contribution in [0.15, 0.2) is 47.0 Å². The zero-order chi connectivity index (χ0) is 46.7. The van der Waals surface area contributed by atoms with Crippen LogP contribution in [0.3, 0.4) is 0 Å². The van der Waals surface area contributed by atoms with Crippen molar-refractivity contribution < 1.29 is 108 Å². The molecule has 0 amide bonds. The molecular formula is C42H58O22. The molecule has 0 aromatic heterocycles. The van der Waals surface area contributed by atoms with Crippen LogP contribution in [0.2, 0.25) is 0 Å². The lowest BCUT2D eigenvalue weighted by Gasteiger charge is -2.42. The standard InChI is InChI=1S/C42H58O22/c1-5-18-21(24(37(53)54)14-58-39(18)63-41-35(51)33(49)31(47)27(10-43)61-41)8-29(45)56-12-16(3)20-7-26-17(4)23(20)13-57-30(46)9-22-19(6-2)40(59-15-25(22)38(55)60-26)64-42-36(52)34(50)32(48)28(11-44)62-42/h5-6,14-17,20-23,26-28,31-36,39-44,47-52H,7-13H2,1-4H3,(H,53,54)/b18-5+,19-6-/t16?,17?,20?,21?,22?,23?,26?,27-,28-,31-,32-,33+,34+,35-,36-,39?,40?,41+,42+/m1/s1. The highest BCUT2D eigenvalue weighted by Gasteiger charge is 2.51. The molecule has 4 fully saturated rings. The second kappa shape index (κ2) is 21.1. The smallest absolute Gasteiger partial charge is 0.338 e. The first-order valence-electron chi connectivity index (χ1n) is 21.1. The number of fused-ring (bicyclic) bond motifs is 3. The van der Waals surface area contributed by atoms with E-state index in [2.05, 4.69) is 0 Å². The number of carboxylic acid groups (broad SMARTS) is 1. The first kappa shape index (κ1) is 49.4. The van der Waals surface area contributed by atoms with Crippen molar-refractivity contribution in [3.63, 3.8) is 0 Å². The summed E-state index contributed by atoms with van der Waals surface area (Å²) in [4.78, 5) is 53.1. The molecule has 5 heterocycles. The van der Waals surface area contributed by atoms with Crippen molar-refractivity contribution in [1.29, 1.82) is 0 Å². The van der Waals surface area contributed by atoms with E-state index in [1.807, 2.05) is 13.8 Å². The molecule has 64 heavy (non-hydrogen) atoms. The fourth-order valence-electron chi connectivity index (χ4n) is 9.23. The highest BCUT2D eigenvalue weighted by atomic mass is 16.8. The van der Waals surface area contributed by atoms with Crippen LogP contribution in [0.5, 0.6) is 0 Å². The number of ether oxygens (including phenoxy) is 9. The number of esters is 3. The predicted octanol–water partition coefficient (Wildman–Crippen LogP) is -1.99. The largest absolute Gasteiger partial charge is 0.478 e. The molecule has 6 rings (SSSR count). The Labute approximate surface area is 367 Å². The van der Waals surface area contributed by atoms with Gasteiger partial charge < -0.3 is 88.6 Å². The van der Waals surface area contributed by atoms with Gasteiger partial charge in [-0.25, -0.2) is 9.59 Å². The van der Waals surface area contributed by atoms with Gasteiger partial charge in [0, 0.05) is 28.9 Å². The molecule has 3 saturated heterocycles. The maximum absolute atomic E-state index is 13.9. The van der Waals surface area contributed by atoms with Gasteiger partial charge in [-0.05, 0) is 38.0 Å². The molecule has 22 nitrogen and oxygen atoms in total. The van der Waals surface area contributed by atoms with E-state index in [4.69, 9.17) is 42.6 Å². The summed E-state index contributed by atoms with van der Waals surface area (Å²) in [5, 5.41) is 91.0. The van der Waals surface area contributed by atoms with E-state index < -0.39 is 135 Å². The molecule has 9 N–H and O–H groups in total. The van der Waals surface area contributed by atoms with Crippen molar-refractivity contribution >= 4 is 23.9 Å². The van der Waals surface area contributed by atoms with Crippen LogP contribution in [0.4, 0.5) is 0 Å². The SMILES string of the molecule is C/C=C1\C(O[C@@H]2O[C@H](CO)[C@@H](O)[C@H](O)[C@H]2O)OC=C2C(=O)OC3CC(C(C)COC(=O)CC4C(C(=O)O)=COC(O[C@@H]5O[C@H](CO)[C@@H](O)[C@H](O)[C@H]5O)/C4=C/C)C(COC(=O)CC21)C3C. The van der Waals surface area contributed by atoms with Gasteiger partial charge in [0.25, 0.3) is 0 Å². The summed E-state index contributed by atoms with van der Waals surface area (Å²) in [6.45, 7) is 5.20. The van der Waals surface area contributed by atoms with Crippen molar-refractivity contribution in [2.75, 3.05) is 26.4 Å². The van der Waals surface area contributed by atoms with Crippen molar-refractivity contribution in [2.24, 2.45) is 35.5 Å². The zero-order valence-electron chi connectivity index (χ0n) is 35.6. The number of aliphatic hydroxyl groups excluding tert-OH is 8. The Bertz CT molecular complexity index is 1820. The van der Waals surface area contributed by atoms with E-state index >= 15 is 0 Å². The molecule has 1 saturated carbocycles. The third-order valence-corrected chi connectivity index (χ3v) is 13.1. The minimum Gasteiger partial charge on any atom is -0.478 e. The predicted molar refractivity (Wildman–Crippen MR) is 209 cm³/mol. The molecular weight excluding hydrogens is 856 g/mol. The topological polar surface area (TPSA) is 333 Å². The summed E-state index contributed by atoms with van der Waals surface area (Å²) in [7, 11) is 0. The second-order valence-electron chi connectivity index (χ2n) is 16.9. The van der Waals surface area contributed by atoms with Crippen molar-refractivity contribution in [2.45, 2.75) is 127 Å². The molecule has 0 spiro atoms. The lowest BCUT2D eigenvalue weighted by atomic mass is 9.83. The Morgan fingerprint density at radius 3 is 1.94 bits per heavy atom. The van der Waals surface area contributed by atoms with Gasteiger partial charge in [-0.1, -0.05) is 26.0 Å². The van der Waals surface area contributed by atoms with E-state index in [9.17, 15) is 65.1 Å². The average molecular weight is 915 g/mol. The van der Waals surface area contributed by atoms with Crippen LogP contribution in [0.25, 0.3) is 0 Å². The Kier molecular flexibility index (Phi) is 16.3. The minimum atomic E-state index is -1.78. The number of cyclic esters (lactones) is 1. The summed E-state index contributed by atoms with van der Waals surface area (Å²) in [6, 6.07) is 0. The average Bonchev–Trinajstić information content (AvgIpc) is 3.57. The van der Waals surface area contributed by atoms with Crippen LogP contribution < -0.4 is 0 Å². The van der Waals surface area contributed by atoms with E-state index in [1.165, 1.54) is 6.08 Å². The molecule has 358 valence electrons. The van der Waals surface area contributed by atoms with Crippen LogP contribution in [-0.2, 0) is 61.8 Å². The normalized spacial score (nSPS) is 42.1. The van der Waals surface area contributed by atoms with Crippen LogP contribution >= 0.6 is 0 Å². The molecule has 9 unspecified atom stereocenters. The number of aliphatic carboxylic acids is 1. The minimum absolute atomic E-state index is 0.0148. The van der Waals surface area contributed by atoms with Crippen molar-refractivity contribution in [3.8, 4) is 0 Å². The van der Waals surface area contributed by atoms with Crippen LogP contribution in [-0.4, -0.2) is 176 Å². The summed E-state index contributed by atoms with van der Waals surface area (Å²) < 4.78 is 51.3. The summed E-state index contributed by atoms with van der Waals surface area (Å²) in [6.07, 6.45) is -15.0. The Balaban J connectivity index is 1.10. The Hall–Kier alpha value is -4.04. The molecule has 2 bridgehead atoms. The molecule has 1 aliphatic carbocycles. The first-order chi connectivity index (χ1) is 30.4. The molecule has 6 aliphatic rings. The van der Waals surface area contributed by atoms with Crippen molar-refractivity contribution in [3.05, 3.63) is 47.0 Å². The number of aliphatic hydroxyl groups is 8. The Morgan fingerprint density at radius 1 is 0.828 bits per heavy atom. The number of carbonyl (C=O) groups is 4. The van der Waals surface area contributed by atoms with Crippen LogP contribution in [0, 0.1) is 35.5 Å². The fourth-order valence-corrected chi connectivity index (χ4v) is 9.23. The first-order valence-corrected chi connectivity index (χ1v) is 21.1. The molecule has 0 aromatic rings. The molecule has 0 aromatic carbocycles. The lowest BCUT2D eigenvalue weighted by Crippen LogP contribution is -2.60. The zero-order valence-corrected chi connectivity index (χ0v) is 35.6. The number of rotatable bonds is 12. The molecule has 0 radical (unpaired) electrons. The molecule has 22 heteroatoms. The van der Waals surface area contributed by atoms with Crippen molar-refractivity contribution in [1.82, 2.24) is 0 Å². The van der Waals surface area contributed by atoms with Crippen LogP contribution in [0.1, 0.15) is 47.0 Å². The fraction of sp³-hybridized carbons (Fsp3) is 0.714. The van der Waals surface area contributed by atoms with E-state index in [0.29, 0.717) is 6.42 Å². The molecule has 5 aliphatic heterocycles. The number of hydrogen-bond donors (Lipinski definition) is 9. The summed E-state index contributed by atoms with van der Waals surface area (Å²) in [5.41, 5.74) is 0.111. The van der Waals surface area contributed by atoms with Gasteiger partial charge >= 0.3 is 23.9 Å². The number of hydrogen-bond acceptors (Lipinski definition) is 21. The van der Waals surface area contributed by atoms with Gasteiger partial charge in [0.2, 0.25) is 12.6 Å². The quantitative estimate of drug-likeness (QED) is 0.0581. The van der Waals surface area contributed by atoms with Gasteiger partial charge in [0.1, 0.15) is 54.9 Å². The highest BCUT2D eigenvalue weighted by Crippen LogP contribution is 2.45. The van der Waals surface area contributed by atoms with Gasteiger partial charge in [-0.15, -0.1) is 0 Å². The van der Waals surface area contributed by atoms with E-state index in [1.54, 1.807) is 19.9 Å². The summed E-state index contributed by atoms with van der Waals surface area (Å²) in [5.74, 6) is -7.06. The summed E-state index contributed by atoms with van der Waals surface area (Å²) >= 11 is 0. The third kappa shape index (κ3) is 10.2. The number of carbonyl (C=O) groups excluding carboxylic acids is 3. The van der Waals surface area contributed by atoms with Gasteiger partial charge in [-0.3, -0.25) is 9.59 Å². The van der Waals surface area contributed by atoms with E-state index in [-0.39, 0.29) is 65.6 Å². The van der Waals surface area contributed by atoms with Gasteiger partial charge in [0.15, 0.2) is 12.6 Å². The van der Waals surface area contributed by atoms with E-state index in [0.717, 1.165) is 12.5 Å². The maximum atomic E-state index is 13.9. The number of carboxylic acids is 1.